The molecule has 0 spiro atoms. The molecule has 2 rings (SSSR count). The van der Waals surface area contributed by atoms with Crippen LogP contribution >= 0.6 is 0 Å². The number of nitrogens with two attached hydrogens (primary N) is 1. The van der Waals surface area contributed by atoms with Crippen LogP contribution in [-0.4, -0.2) is 19.1 Å². The first-order chi connectivity index (χ1) is 7.38. The van der Waals surface area contributed by atoms with E-state index in [1.54, 1.807) is 0 Å². The van der Waals surface area contributed by atoms with Crippen molar-refractivity contribution in [2.75, 3.05) is 13.1 Å². The van der Waals surface area contributed by atoms with Crippen molar-refractivity contribution in [3.8, 4) is 0 Å². The third kappa shape index (κ3) is 3.02. The maximum atomic E-state index is 5.55. The van der Waals surface area contributed by atoms with E-state index in [2.05, 4.69) is 34.9 Å². The second-order valence-corrected chi connectivity index (χ2v) is 4.09. The van der Waals surface area contributed by atoms with Gasteiger partial charge in [-0.25, -0.2) is 0 Å². The average molecular weight is 205 g/mol. The van der Waals surface area contributed by atoms with Crippen molar-refractivity contribution in [3.05, 3.63) is 35.4 Å². The number of rotatable bonds is 4. The molecule has 1 aromatic rings. The highest BCUT2D eigenvalue weighted by atomic mass is 15.0. The van der Waals surface area contributed by atoms with E-state index >= 15 is 0 Å². The van der Waals surface area contributed by atoms with E-state index in [4.69, 9.17) is 5.73 Å². The van der Waals surface area contributed by atoms with Gasteiger partial charge in [0.25, 0.3) is 0 Å². The highest BCUT2D eigenvalue weighted by molar-refractivity contribution is 5.22. The van der Waals surface area contributed by atoms with Crippen LogP contribution in [0.5, 0.6) is 0 Å². The molecule has 3 nitrogen and oxygen atoms in total. The Balaban J connectivity index is 1.82. The van der Waals surface area contributed by atoms with Gasteiger partial charge in [0.05, 0.1) is 0 Å². The van der Waals surface area contributed by atoms with Crippen molar-refractivity contribution in [2.24, 2.45) is 5.73 Å². The molecule has 0 amide bonds. The Labute approximate surface area is 91.1 Å². The van der Waals surface area contributed by atoms with E-state index < -0.39 is 0 Å². The summed E-state index contributed by atoms with van der Waals surface area (Å²) in [5.74, 6) is 0. The summed E-state index contributed by atoms with van der Waals surface area (Å²) in [6.07, 6.45) is 1.24. The van der Waals surface area contributed by atoms with Gasteiger partial charge in [-0.15, -0.1) is 0 Å². The first-order valence-corrected chi connectivity index (χ1v) is 5.60. The maximum Gasteiger partial charge on any atom is 0.0208 e. The normalized spacial score (nSPS) is 20.7. The highest BCUT2D eigenvalue weighted by Crippen LogP contribution is 2.05. The zero-order valence-electron chi connectivity index (χ0n) is 9.00. The molecule has 0 aromatic heterocycles. The third-order valence-electron chi connectivity index (χ3n) is 2.91. The summed E-state index contributed by atoms with van der Waals surface area (Å²) < 4.78 is 0. The summed E-state index contributed by atoms with van der Waals surface area (Å²) >= 11 is 0. The second-order valence-electron chi connectivity index (χ2n) is 4.09. The summed E-state index contributed by atoms with van der Waals surface area (Å²) in [5, 5.41) is 6.89. The minimum Gasteiger partial charge on any atom is -0.326 e. The van der Waals surface area contributed by atoms with Gasteiger partial charge in [0.15, 0.2) is 0 Å². The minimum absolute atomic E-state index is 0.625. The molecule has 1 fully saturated rings. The zero-order valence-corrected chi connectivity index (χ0v) is 9.00. The molecule has 1 aliphatic rings. The van der Waals surface area contributed by atoms with E-state index in [0.29, 0.717) is 12.6 Å². The first-order valence-electron chi connectivity index (χ1n) is 5.60. The summed E-state index contributed by atoms with van der Waals surface area (Å²) in [6, 6.07) is 9.14. The summed E-state index contributed by atoms with van der Waals surface area (Å²) in [6.45, 7) is 3.82. The molecule has 1 atom stereocenters. The van der Waals surface area contributed by atoms with Crippen LogP contribution < -0.4 is 16.4 Å². The number of hydrogen-bond donors (Lipinski definition) is 3. The average Bonchev–Trinajstić information content (AvgIpc) is 2.80. The van der Waals surface area contributed by atoms with E-state index in [1.165, 1.54) is 17.5 Å². The highest BCUT2D eigenvalue weighted by Gasteiger charge is 2.12. The topological polar surface area (TPSA) is 50.1 Å². The van der Waals surface area contributed by atoms with Gasteiger partial charge >= 0.3 is 0 Å². The number of hydrogen-bond acceptors (Lipinski definition) is 3. The lowest BCUT2D eigenvalue weighted by Gasteiger charge is -2.11. The molecule has 0 bridgehead atoms. The molecule has 1 saturated heterocycles. The molecule has 1 unspecified atom stereocenters. The molecule has 4 N–H and O–H groups in total. The van der Waals surface area contributed by atoms with E-state index in [9.17, 15) is 0 Å². The maximum absolute atomic E-state index is 5.55. The van der Waals surface area contributed by atoms with Crippen molar-refractivity contribution in [2.45, 2.75) is 25.6 Å². The van der Waals surface area contributed by atoms with E-state index in [1.807, 2.05) is 0 Å². The first kappa shape index (κ1) is 10.6. The Morgan fingerprint density at radius 3 is 2.60 bits per heavy atom. The number of nitrogens with one attached hydrogen (secondary N) is 2. The van der Waals surface area contributed by atoms with Crippen LogP contribution in [0.25, 0.3) is 0 Å². The van der Waals surface area contributed by atoms with Gasteiger partial charge in [0.1, 0.15) is 0 Å². The van der Waals surface area contributed by atoms with Crippen molar-refractivity contribution in [3.63, 3.8) is 0 Å². The molecule has 15 heavy (non-hydrogen) atoms. The van der Waals surface area contributed by atoms with Gasteiger partial charge in [0.2, 0.25) is 0 Å². The Hall–Kier alpha value is -0.900. The standard InChI is InChI=1S/C12H19N3/c13-7-10-1-3-11(4-2-10)8-15-12-5-6-14-9-12/h1-4,12,14-15H,5-9,13H2. The van der Waals surface area contributed by atoms with Crippen LogP contribution in [0.4, 0.5) is 0 Å². The number of benzene rings is 1. The fourth-order valence-electron chi connectivity index (χ4n) is 1.88. The zero-order chi connectivity index (χ0) is 10.5. The molecule has 82 valence electrons. The van der Waals surface area contributed by atoms with Crippen molar-refractivity contribution in [1.82, 2.24) is 10.6 Å². The van der Waals surface area contributed by atoms with Crippen LogP contribution in [0.2, 0.25) is 0 Å². The largest absolute Gasteiger partial charge is 0.326 e. The van der Waals surface area contributed by atoms with Crippen LogP contribution in [0.1, 0.15) is 17.5 Å². The monoisotopic (exact) mass is 205 g/mol. The molecule has 3 heteroatoms. The smallest absolute Gasteiger partial charge is 0.0208 e. The van der Waals surface area contributed by atoms with Gasteiger partial charge in [0, 0.05) is 25.7 Å². The fourth-order valence-corrected chi connectivity index (χ4v) is 1.88. The lowest BCUT2D eigenvalue weighted by Crippen LogP contribution is -2.30. The predicted octanol–water partition coefficient (Wildman–Crippen LogP) is 0.597. The Bertz CT molecular complexity index is 288. The molecule has 1 aromatic carbocycles. The van der Waals surface area contributed by atoms with Gasteiger partial charge in [-0.1, -0.05) is 24.3 Å². The van der Waals surface area contributed by atoms with Gasteiger partial charge in [-0.3, -0.25) is 0 Å². The van der Waals surface area contributed by atoms with Crippen LogP contribution in [-0.2, 0) is 13.1 Å². The summed E-state index contributed by atoms with van der Waals surface area (Å²) in [5.41, 5.74) is 8.08. The lowest BCUT2D eigenvalue weighted by atomic mass is 10.1. The lowest BCUT2D eigenvalue weighted by molar-refractivity contribution is 0.547. The van der Waals surface area contributed by atoms with E-state index in [-0.39, 0.29) is 0 Å². The fraction of sp³-hybridized carbons (Fsp3) is 0.500. The molecular formula is C12H19N3. The Kier molecular flexibility index (Phi) is 3.72. The van der Waals surface area contributed by atoms with Gasteiger partial charge in [-0.05, 0) is 24.1 Å². The SMILES string of the molecule is NCc1ccc(CNC2CCNC2)cc1. The van der Waals surface area contributed by atoms with Crippen LogP contribution in [0.15, 0.2) is 24.3 Å². The molecule has 1 aliphatic heterocycles. The summed E-state index contributed by atoms with van der Waals surface area (Å²) in [7, 11) is 0. The van der Waals surface area contributed by atoms with Crippen LogP contribution in [0.3, 0.4) is 0 Å². The summed E-state index contributed by atoms with van der Waals surface area (Å²) in [4.78, 5) is 0. The predicted molar refractivity (Wildman–Crippen MR) is 62.4 cm³/mol. The molecule has 1 heterocycles. The van der Waals surface area contributed by atoms with Crippen molar-refractivity contribution in [1.29, 1.82) is 0 Å². The minimum atomic E-state index is 0.625. The van der Waals surface area contributed by atoms with E-state index in [0.717, 1.165) is 19.6 Å². The molecule has 0 saturated carbocycles. The molecular weight excluding hydrogens is 186 g/mol. The van der Waals surface area contributed by atoms with Crippen molar-refractivity contribution >= 4 is 0 Å². The van der Waals surface area contributed by atoms with Crippen molar-refractivity contribution < 1.29 is 0 Å². The molecule has 0 aliphatic carbocycles. The third-order valence-corrected chi connectivity index (χ3v) is 2.91. The quantitative estimate of drug-likeness (QED) is 0.674. The second kappa shape index (κ2) is 5.26. The van der Waals surface area contributed by atoms with Gasteiger partial charge in [-0.2, -0.15) is 0 Å². The Morgan fingerprint density at radius 1 is 1.27 bits per heavy atom. The molecule has 0 radical (unpaired) electrons. The van der Waals surface area contributed by atoms with Gasteiger partial charge < -0.3 is 16.4 Å². The van der Waals surface area contributed by atoms with Crippen LogP contribution in [0, 0.1) is 0 Å². The Morgan fingerprint density at radius 2 is 2.00 bits per heavy atom.